The maximum Gasteiger partial charge on any atom is 0.0117 e. The normalized spacial score (nSPS) is 18.3. The summed E-state index contributed by atoms with van der Waals surface area (Å²) in [6.45, 7) is 3.85. The second kappa shape index (κ2) is 11.0. The molecule has 0 atom stereocenters. The lowest BCUT2D eigenvalue weighted by Gasteiger charge is -2.35. The van der Waals surface area contributed by atoms with Crippen molar-refractivity contribution < 1.29 is 0 Å². The molecule has 1 fully saturated rings. The third kappa shape index (κ3) is 8.21. The quantitative estimate of drug-likeness (QED) is 0.483. The van der Waals surface area contributed by atoms with Gasteiger partial charge in [-0.2, -0.15) is 12.6 Å². The summed E-state index contributed by atoms with van der Waals surface area (Å²) in [5, 5.41) is 0. The maximum atomic E-state index is 4.25. The smallest absolute Gasteiger partial charge is 0.0117 e. The van der Waals surface area contributed by atoms with E-state index < -0.39 is 0 Å². The second-order valence-electron chi connectivity index (χ2n) is 6.21. The number of piperidine rings is 1. The van der Waals surface area contributed by atoms with Crippen LogP contribution in [-0.4, -0.2) is 55.3 Å². The highest BCUT2D eigenvalue weighted by atomic mass is 32.1. The molecule has 0 aromatic rings. The molecule has 1 aliphatic rings. The van der Waals surface area contributed by atoms with E-state index in [0.29, 0.717) is 0 Å². The highest BCUT2D eigenvalue weighted by Crippen LogP contribution is 2.15. The van der Waals surface area contributed by atoms with Gasteiger partial charge in [-0.25, -0.2) is 0 Å². The molecule has 1 heterocycles. The van der Waals surface area contributed by atoms with Crippen LogP contribution in [0.3, 0.4) is 0 Å². The van der Waals surface area contributed by atoms with Crippen LogP contribution in [0.5, 0.6) is 0 Å². The zero-order valence-corrected chi connectivity index (χ0v) is 14.0. The van der Waals surface area contributed by atoms with Gasteiger partial charge in [-0.05, 0) is 65.2 Å². The van der Waals surface area contributed by atoms with E-state index >= 15 is 0 Å². The first-order valence-electron chi connectivity index (χ1n) is 8.23. The molecular formula is C16H34N2S. The van der Waals surface area contributed by atoms with Gasteiger partial charge in [0.05, 0.1) is 0 Å². The van der Waals surface area contributed by atoms with Crippen molar-refractivity contribution in [1.82, 2.24) is 9.80 Å². The minimum absolute atomic E-state index is 0.839. The minimum atomic E-state index is 0.839. The minimum Gasteiger partial charge on any atom is -0.306 e. The molecule has 0 spiro atoms. The van der Waals surface area contributed by atoms with Crippen molar-refractivity contribution in [2.75, 3.05) is 39.5 Å². The fourth-order valence-electron chi connectivity index (χ4n) is 2.98. The van der Waals surface area contributed by atoms with Gasteiger partial charge in [-0.1, -0.05) is 32.1 Å². The van der Waals surface area contributed by atoms with Gasteiger partial charge in [0, 0.05) is 6.04 Å². The van der Waals surface area contributed by atoms with Crippen LogP contribution < -0.4 is 0 Å². The Bertz CT molecular complexity index is 203. The molecule has 0 aromatic carbocycles. The number of likely N-dealkylation sites (tertiary alicyclic amines) is 1. The Morgan fingerprint density at radius 2 is 1.47 bits per heavy atom. The summed E-state index contributed by atoms with van der Waals surface area (Å²) in [6, 6.07) is 0.839. The van der Waals surface area contributed by atoms with E-state index in [9.17, 15) is 0 Å². The Hall–Kier alpha value is 0.270. The van der Waals surface area contributed by atoms with Crippen molar-refractivity contribution in [3.63, 3.8) is 0 Å². The summed E-state index contributed by atoms with van der Waals surface area (Å²) in [5.74, 6) is 1.06. The molecule has 3 heteroatoms. The van der Waals surface area contributed by atoms with Crippen LogP contribution in [0.1, 0.15) is 57.8 Å². The van der Waals surface area contributed by atoms with Gasteiger partial charge in [0.25, 0.3) is 0 Å². The van der Waals surface area contributed by atoms with Crippen molar-refractivity contribution in [2.45, 2.75) is 63.8 Å². The van der Waals surface area contributed by atoms with Gasteiger partial charge >= 0.3 is 0 Å². The topological polar surface area (TPSA) is 6.48 Å². The summed E-state index contributed by atoms with van der Waals surface area (Å²) in [6.07, 6.45) is 12.4. The van der Waals surface area contributed by atoms with Crippen LogP contribution in [0.15, 0.2) is 0 Å². The van der Waals surface area contributed by atoms with E-state index in [0.717, 1.165) is 11.8 Å². The molecule has 0 aromatic heterocycles. The molecule has 0 radical (unpaired) electrons. The first-order valence-corrected chi connectivity index (χ1v) is 8.87. The molecule has 2 nitrogen and oxygen atoms in total. The standard InChI is InChI=1S/C16H34N2S/c1-17-13-10-16(11-14-17)18(2)12-8-6-4-3-5-7-9-15-19/h16,19H,3-15H2,1-2H3. The molecule has 0 aliphatic carbocycles. The lowest BCUT2D eigenvalue weighted by atomic mass is 10.0. The Labute approximate surface area is 126 Å². The number of hydrogen-bond acceptors (Lipinski definition) is 3. The van der Waals surface area contributed by atoms with Crippen molar-refractivity contribution >= 4 is 12.6 Å². The lowest BCUT2D eigenvalue weighted by Crippen LogP contribution is -2.42. The van der Waals surface area contributed by atoms with Crippen LogP contribution in [0, 0.1) is 0 Å². The predicted molar refractivity (Wildman–Crippen MR) is 89.3 cm³/mol. The summed E-state index contributed by atoms with van der Waals surface area (Å²) >= 11 is 4.25. The summed E-state index contributed by atoms with van der Waals surface area (Å²) < 4.78 is 0. The van der Waals surface area contributed by atoms with Gasteiger partial charge in [0.1, 0.15) is 0 Å². The van der Waals surface area contributed by atoms with Crippen LogP contribution in [0.25, 0.3) is 0 Å². The average Bonchev–Trinajstić information content (AvgIpc) is 2.42. The monoisotopic (exact) mass is 286 g/mol. The first-order chi connectivity index (χ1) is 9.24. The number of rotatable bonds is 10. The number of unbranched alkanes of at least 4 members (excludes halogenated alkanes) is 6. The first kappa shape index (κ1) is 17.3. The van der Waals surface area contributed by atoms with E-state index in [1.165, 1.54) is 77.4 Å². The molecule has 0 amide bonds. The van der Waals surface area contributed by atoms with E-state index in [1.54, 1.807) is 0 Å². The molecular weight excluding hydrogens is 252 g/mol. The molecule has 1 rings (SSSR count). The van der Waals surface area contributed by atoms with Crippen LogP contribution >= 0.6 is 12.6 Å². The number of nitrogens with zero attached hydrogens (tertiary/aromatic N) is 2. The fraction of sp³-hybridized carbons (Fsp3) is 1.00. The lowest BCUT2D eigenvalue weighted by molar-refractivity contribution is 0.142. The Morgan fingerprint density at radius 3 is 2.05 bits per heavy atom. The molecule has 0 saturated carbocycles. The number of hydrogen-bond donors (Lipinski definition) is 1. The summed E-state index contributed by atoms with van der Waals surface area (Å²) in [7, 11) is 4.56. The van der Waals surface area contributed by atoms with Crippen LogP contribution in [-0.2, 0) is 0 Å². The van der Waals surface area contributed by atoms with E-state index in [2.05, 4.69) is 36.5 Å². The molecule has 114 valence electrons. The van der Waals surface area contributed by atoms with Crippen molar-refractivity contribution in [3.05, 3.63) is 0 Å². The van der Waals surface area contributed by atoms with E-state index in [-0.39, 0.29) is 0 Å². The number of thiol groups is 1. The summed E-state index contributed by atoms with van der Waals surface area (Å²) in [5.41, 5.74) is 0. The zero-order valence-electron chi connectivity index (χ0n) is 13.1. The molecule has 0 unspecified atom stereocenters. The highest BCUT2D eigenvalue weighted by Gasteiger charge is 2.19. The third-order valence-electron chi connectivity index (χ3n) is 4.48. The Balaban J connectivity index is 1.91. The SMILES string of the molecule is CN1CCC(N(C)CCCCCCCCCS)CC1. The Morgan fingerprint density at radius 1 is 0.947 bits per heavy atom. The highest BCUT2D eigenvalue weighted by molar-refractivity contribution is 7.80. The molecule has 1 saturated heterocycles. The van der Waals surface area contributed by atoms with E-state index in [4.69, 9.17) is 0 Å². The zero-order chi connectivity index (χ0) is 13.9. The third-order valence-corrected chi connectivity index (χ3v) is 4.80. The molecule has 0 bridgehead atoms. The Kier molecular flexibility index (Phi) is 10.0. The van der Waals surface area contributed by atoms with Gasteiger partial charge in [-0.15, -0.1) is 0 Å². The molecule has 0 N–H and O–H groups in total. The largest absolute Gasteiger partial charge is 0.306 e. The van der Waals surface area contributed by atoms with Gasteiger partial charge in [-0.3, -0.25) is 0 Å². The predicted octanol–water partition coefficient (Wildman–Crippen LogP) is 3.67. The van der Waals surface area contributed by atoms with Gasteiger partial charge in [0.2, 0.25) is 0 Å². The van der Waals surface area contributed by atoms with Crippen LogP contribution in [0.4, 0.5) is 0 Å². The second-order valence-corrected chi connectivity index (χ2v) is 6.66. The fourth-order valence-corrected chi connectivity index (χ4v) is 3.20. The summed E-state index contributed by atoms with van der Waals surface area (Å²) in [4.78, 5) is 5.06. The molecule has 19 heavy (non-hydrogen) atoms. The molecule has 1 aliphatic heterocycles. The van der Waals surface area contributed by atoms with Gasteiger partial charge < -0.3 is 9.80 Å². The van der Waals surface area contributed by atoms with Gasteiger partial charge in [0.15, 0.2) is 0 Å². The van der Waals surface area contributed by atoms with Crippen molar-refractivity contribution in [3.8, 4) is 0 Å². The van der Waals surface area contributed by atoms with Crippen LogP contribution in [0.2, 0.25) is 0 Å². The van der Waals surface area contributed by atoms with Crippen molar-refractivity contribution in [1.29, 1.82) is 0 Å². The van der Waals surface area contributed by atoms with Crippen molar-refractivity contribution in [2.24, 2.45) is 0 Å². The average molecular weight is 287 g/mol. The maximum absolute atomic E-state index is 4.25. The van der Waals surface area contributed by atoms with E-state index in [1.807, 2.05) is 0 Å².